The summed E-state index contributed by atoms with van der Waals surface area (Å²) in [6, 6.07) is 16.2. The highest BCUT2D eigenvalue weighted by molar-refractivity contribution is 5.42. The molecule has 1 atom stereocenters. The van der Waals surface area contributed by atoms with Crippen molar-refractivity contribution in [1.82, 2.24) is 4.90 Å². The van der Waals surface area contributed by atoms with Crippen molar-refractivity contribution in [3.05, 3.63) is 76.9 Å². The molecule has 4 rings (SSSR count). The molecule has 0 fully saturated rings. The second-order valence-electron chi connectivity index (χ2n) is 7.20. The number of phenolic OH excluding ortho intramolecular Hbond substituents is 1. The molecule has 1 N–H and O–H groups in total. The Balaban J connectivity index is 1.66. The number of aromatic hydroxyl groups is 1. The van der Waals surface area contributed by atoms with Crippen LogP contribution in [0.1, 0.15) is 48.4 Å². The van der Waals surface area contributed by atoms with E-state index in [-0.39, 0.29) is 6.04 Å². The third-order valence-corrected chi connectivity index (χ3v) is 5.42. The number of phenols is 1. The molecule has 1 heterocycles. The summed E-state index contributed by atoms with van der Waals surface area (Å²) in [7, 11) is 0. The van der Waals surface area contributed by atoms with Crippen molar-refractivity contribution in [1.29, 1.82) is 0 Å². The van der Waals surface area contributed by atoms with E-state index in [2.05, 4.69) is 47.1 Å². The number of hydrogen-bond donors (Lipinski definition) is 1. The lowest BCUT2D eigenvalue weighted by atomic mass is 9.95. The van der Waals surface area contributed by atoms with Gasteiger partial charge in [-0.05, 0) is 54.9 Å². The Morgan fingerprint density at radius 2 is 1.73 bits per heavy atom. The molecule has 1 aliphatic carbocycles. The van der Waals surface area contributed by atoms with Crippen molar-refractivity contribution in [2.75, 3.05) is 6.54 Å². The maximum atomic E-state index is 10.4. The van der Waals surface area contributed by atoms with Crippen molar-refractivity contribution >= 4 is 0 Å². The van der Waals surface area contributed by atoms with E-state index in [1.54, 1.807) is 6.07 Å². The Kier molecular flexibility index (Phi) is 5.09. The minimum absolute atomic E-state index is 0.0765. The maximum Gasteiger partial charge on any atom is 0.121 e. The summed E-state index contributed by atoms with van der Waals surface area (Å²) in [4.78, 5) is 2.40. The fourth-order valence-electron chi connectivity index (χ4n) is 3.94. The average molecular weight is 343 g/mol. The van der Waals surface area contributed by atoms with E-state index in [0.29, 0.717) is 5.75 Å². The van der Waals surface area contributed by atoms with Crippen molar-refractivity contribution in [2.24, 2.45) is 0 Å². The Bertz CT molecular complexity index is 871. The summed E-state index contributed by atoms with van der Waals surface area (Å²) < 4.78 is 0. The monoisotopic (exact) mass is 343 g/mol. The van der Waals surface area contributed by atoms with Gasteiger partial charge in [0.1, 0.15) is 11.8 Å². The molecule has 2 heteroatoms. The first-order chi connectivity index (χ1) is 12.8. The number of para-hydroxylation sites is 1. The lowest BCUT2D eigenvalue weighted by Gasteiger charge is -2.33. The third kappa shape index (κ3) is 3.69. The minimum Gasteiger partial charge on any atom is -0.508 e. The molecule has 0 spiro atoms. The topological polar surface area (TPSA) is 23.5 Å². The highest BCUT2D eigenvalue weighted by atomic mass is 16.3. The Morgan fingerprint density at radius 1 is 0.923 bits per heavy atom. The van der Waals surface area contributed by atoms with E-state index >= 15 is 0 Å². The van der Waals surface area contributed by atoms with Crippen LogP contribution in [0.2, 0.25) is 0 Å². The summed E-state index contributed by atoms with van der Waals surface area (Å²) in [5.41, 5.74) is 4.98. The average Bonchev–Trinajstić information content (AvgIpc) is 2.70. The first kappa shape index (κ1) is 16.9. The van der Waals surface area contributed by atoms with Crippen molar-refractivity contribution in [3.63, 3.8) is 0 Å². The standard InChI is InChI=1S/C24H25NO/c26-24-13-7-6-12-22(24)23(15-14-19-8-2-1-3-9-19)25-17-16-20-10-4-5-11-21(20)18-25/h4-8,10-13,23,26H,1-3,9,16-18H2. The van der Waals surface area contributed by atoms with E-state index in [1.165, 1.54) is 29.5 Å². The first-order valence-electron chi connectivity index (χ1n) is 9.60. The predicted molar refractivity (Wildman–Crippen MR) is 106 cm³/mol. The molecule has 1 unspecified atom stereocenters. The van der Waals surface area contributed by atoms with Gasteiger partial charge in [-0.25, -0.2) is 0 Å². The fourth-order valence-corrected chi connectivity index (χ4v) is 3.94. The van der Waals surface area contributed by atoms with Crippen LogP contribution in [0.15, 0.2) is 60.2 Å². The summed E-state index contributed by atoms with van der Waals surface area (Å²) in [5, 5.41) is 10.4. The number of nitrogens with zero attached hydrogens (tertiary/aromatic N) is 1. The number of rotatable bonds is 2. The molecule has 0 aromatic heterocycles. The van der Waals surface area contributed by atoms with Crippen LogP contribution >= 0.6 is 0 Å². The van der Waals surface area contributed by atoms with E-state index in [9.17, 15) is 5.11 Å². The Labute approximate surface area is 156 Å². The molecule has 0 amide bonds. The molecule has 0 saturated carbocycles. The van der Waals surface area contributed by atoms with Crippen molar-refractivity contribution < 1.29 is 5.11 Å². The minimum atomic E-state index is -0.0765. The van der Waals surface area contributed by atoms with Crippen LogP contribution in [-0.2, 0) is 13.0 Å². The Morgan fingerprint density at radius 3 is 2.54 bits per heavy atom. The summed E-state index contributed by atoms with van der Waals surface area (Å²) in [5.74, 6) is 7.26. The molecule has 1 aliphatic heterocycles. The second-order valence-corrected chi connectivity index (χ2v) is 7.20. The van der Waals surface area contributed by atoms with Gasteiger partial charge in [0.2, 0.25) is 0 Å². The van der Waals surface area contributed by atoms with Crippen molar-refractivity contribution in [3.8, 4) is 17.6 Å². The summed E-state index contributed by atoms with van der Waals surface area (Å²) >= 11 is 0. The van der Waals surface area contributed by atoms with Gasteiger partial charge < -0.3 is 5.11 Å². The largest absolute Gasteiger partial charge is 0.508 e. The molecule has 26 heavy (non-hydrogen) atoms. The molecule has 0 bridgehead atoms. The van der Waals surface area contributed by atoms with Crippen LogP contribution in [0.3, 0.4) is 0 Å². The van der Waals surface area contributed by atoms with Gasteiger partial charge in [-0.2, -0.15) is 0 Å². The van der Waals surface area contributed by atoms with Gasteiger partial charge in [0.15, 0.2) is 0 Å². The van der Waals surface area contributed by atoms with E-state index < -0.39 is 0 Å². The van der Waals surface area contributed by atoms with Crippen LogP contribution in [0.25, 0.3) is 0 Å². The molecule has 0 saturated heterocycles. The zero-order valence-electron chi connectivity index (χ0n) is 15.1. The van der Waals surface area contributed by atoms with E-state index in [1.807, 2.05) is 18.2 Å². The van der Waals surface area contributed by atoms with Gasteiger partial charge in [-0.3, -0.25) is 4.90 Å². The maximum absolute atomic E-state index is 10.4. The highest BCUT2D eigenvalue weighted by Crippen LogP contribution is 2.32. The van der Waals surface area contributed by atoms with Crippen LogP contribution in [0, 0.1) is 11.8 Å². The van der Waals surface area contributed by atoms with Gasteiger partial charge in [-0.1, -0.05) is 60.4 Å². The smallest absolute Gasteiger partial charge is 0.121 e. The normalized spacial score (nSPS) is 18.2. The summed E-state index contributed by atoms with van der Waals surface area (Å²) in [6.07, 6.45) is 8.05. The second kappa shape index (κ2) is 7.81. The molecule has 0 radical (unpaired) electrons. The van der Waals surface area contributed by atoms with Crippen LogP contribution in [0.4, 0.5) is 0 Å². The zero-order chi connectivity index (χ0) is 17.8. The fraction of sp³-hybridized carbons (Fsp3) is 0.333. The van der Waals surface area contributed by atoms with E-state index in [4.69, 9.17) is 0 Å². The van der Waals surface area contributed by atoms with Gasteiger partial charge in [-0.15, -0.1) is 0 Å². The molecule has 2 aromatic carbocycles. The van der Waals surface area contributed by atoms with Crippen molar-refractivity contribution in [2.45, 2.75) is 44.7 Å². The molecule has 132 valence electrons. The molecule has 2 aliphatic rings. The van der Waals surface area contributed by atoms with Crippen LogP contribution in [-0.4, -0.2) is 16.6 Å². The molecular weight excluding hydrogens is 318 g/mol. The number of allylic oxidation sites excluding steroid dienone is 2. The Hall–Kier alpha value is -2.50. The quantitative estimate of drug-likeness (QED) is 0.776. The summed E-state index contributed by atoms with van der Waals surface area (Å²) in [6.45, 7) is 1.84. The van der Waals surface area contributed by atoms with Gasteiger partial charge in [0, 0.05) is 18.7 Å². The lowest BCUT2D eigenvalue weighted by Crippen LogP contribution is -2.33. The van der Waals surface area contributed by atoms with Gasteiger partial charge in [0.25, 0.3) is 0 Å². The van der Waals surface area contributed by atoms with Crippen LogP contribution in [0.5, 0.6) is 5.75 Å². The SMILES string of the molecule is Oc1ccccc1C(C#CC1=CCCCC1)N1CCc2ccccc2C1. The molecule has 2 aromatic rings. The van der Waals surface area contributed by atoms with Crippen LogP contribution < -0.4 is 0 Å². The van der Waals surface area contributed by atoms with E-state index in [0.717, 1.165) is 37.9 Å². The molecular formula is C24H25NO. The predicted octanol–water partition coefficient (Wildman–Crippen LogP) is 5.00. The molecule has 2 nitrogen and oxygen atoms in total. The zero-order valence-corrected chi connectivity index (χ0v) is 15.1. The third-order valence-electron chi connectivity index (χ3n) is 5.42. The number of fused-ring (bicyclic) bond motifs is 1. The lowest BCUT2D eigenvalue weighted by molar-refractivity contribution is 0.215. The van der Waals surface area contributed by atoms with Gasteiger partial charge in [0.05, 0.1) is 0 Å². The first-order valence-corrected chi connectivity index (χ1v) is 9.60. The number of benzene rings is 2. The highest BCUT2D eigenvalue weighted by Gasteiger charge is 2.25. The number of hydrogen-bond acceptors (Lipinski definition) is 2. The van der Waals surface area contributed by atoms with Gasteiger partial charge >= 0.3 is 0 Å².